The molecule has 4 nitrogen and oxygen atoms in total. The minimum Gasteiger partial charge on any atom is -0.385 e. The van der Waals surface area contributed by atoms with Gasteiger partial charge in [0.15, 0.2) is 5.96 Å². The van der Waals surface area contributed by atoms with Crippen LogP contribution in [-0.2, 0) is 11.2 Å². The van der Waals surface area contributed by atoms with Crippen LogP contribution in [0, 0.1) is 5.82 Å². The molecule has 0 radical (unpaired) electrons. The summed E-state index contributed by atoms with van der Waals surface area (Å²) >= 11 is 0. The van der Waals surface area contributed by atoms with E-state index in [1.165, 1.54) is 12.1 Å². The summed E-state index contributed by atoms with van der Waals surface area (Å²) in [7, 11) is 3.49. The van der Waals surface area contributed by atoms with Crippen LogP contribution in [0.4, 0.5) is 4.39 Å². The first-order valence-corrected chi connectivity index (χ1v) is 7.44. The molecule has 0 atom stereocenters. The van der Waals surface area contributed by atoms with E-state index >= 15 is 0 Å². The van der Waals surface area contributed by atoms with E-state index < -0.39 is 0 Å². The molecule has 0 saturated carbocycles. The lowest BCUT2D eigenvalue weighted by atomic mass is 10.1. The molecule has 0 aliphatic heterocycles. The maximum absolute atomic E-state index is 12.8. The van der Waals surface area contributed by atoms with Gasteiger partial charge in [-0.25, -0.2) is 4.39 Å². The molecule has 0 aliphatic rings. The molecule has 2 N–H and O–H groups in total. The second kappa shape index (κ2) is 11.1. The molecule has 1 rings (SSSR count). The first-order chi connectivity index (χ1) is 10.3. The van der Waals surface area contributed by atoms with Crippen LogP contribution in [0.15, 0.2) is 29.3 Å². The highest BCUT2D eigenvalue weighted by Crippen LogP contribution is 2.02. The van der Waals surface area contributed by atoms with Gasteiger partial charge >= 0.3 is 0 Å². The van der Waals surface area contributed by atoms with Crippen molar-refractivity contribution in [2.75, 3.05) is 33.9 Å². The normalized spacial score (nSPS) is 11.5. The number of aliphatic imine (C=N–C) groups is 1. The van der Waals surface area contributed by atoms with Gasteiger partial charge in [0.2, 0.25) is 0 Å². The Morgan fingerprint density at radius 3 is 2.48 bits per heavy atom. The Morgan fingerprint density at radius 2 is 1.81 bits per heavy atom. The fourth-order valence-corrected chi connectivity index (χ4v) is 1.95. The zero-order valence-corrected chi connectivity index (χ0v) is 13.0. The van der Waals surface area contributed by atoms with Crippen LogP contribution < -0.4 is 10.6 Å². The minimum absolute atomic E-state index is 0.197. The predicted octanol–water partition coefficient (Wildman–Crippen LogP) is 2.35. The largest absolute Gasteiger partial charge is 0.385 e. The average Bonchev–Trinajstić information content (AvgIpc) is 2.50. The summed E-state index contributed by atoms with van der Waals surface area (Å²) in [6.45, 7) is 2.50. The summed E-state index contributed by atoms with van der Waals surface area (Å²) in [4.78, 5) is 4.18. The Morgan fingerprint density at radius 1 is 1.10 bits per heavy atom. The van der Waals surface area contributed by atoms with Gasteiger partial charge in [-0.2, -0.15) is 0 Å². The molecule has 0 aromatic heterocycles. The maximum Gasteiger partial charge on any atom is 0.190 e. The molecule has 5 heteroatoms. The van der Waals surface area contributed by atoms with Crippen molar-refractivity contribution in [1.82, 2.24) is 10.6 Å². The van der Waals surface area contributed by atoms with E-state index in [-0.39, 0.29) is 5.82 Å². The van der Waals surface area contributed by atoms with Gasteiger partial charge in [0.05, 0.1) is 0 Å². The van der Waals surface area contributed by atoms with Crippen LogP contribution in [0.5, 0.6) is 0 Å². The third-order valence-corrected chi connectivity index (χ3v) is 3.16. The van der Waals surface area contributed by atoms with Gasteiger partial charge in [0, 0.05) is 33.9 Å². The number of rotatable bonds is 9. The fraction of sp³-hybridized carbons (Fsp3) is 0.562. The quantitative estimate of drug-likeness (QED) is 0.417. The molecule has 1 aromatic rings. The number of hydrogen-bond donors (Lipinski definition) is 2. The average molecular weight is 295 g/mol. The van der Waals surface area contributed by atoms with E-state index in [0.717, 1.165) is 56.9 Å². The molecule has 0 unspecified atom stereocenters. The number of guanidine groups is 1. The standard InChI is InChI=1S/C16H26FN3O/c1-18-16(19-11-4-3-5-13-21-2)20-12-10-14-6-8-15(17)9-7-14/h6-9H,3-5,10-13H2,1-2H3,(H2,18,19,20). The topological polar surface area (TPSA) is 45.7 Å². The second-order valence-corrected chi connectivity index (χ2v) is 4.86. The molecule has 118 valence electrons. The molecular formula is C16H26FN3O. The highest BCUT2D eigenvalue weighted by Gasteiger charge is 1.98. The van der Waals surface area contributed by atoms with Crippen molar-refractivity contribution in [1.29, 1.82) is 0 Å². The van der Waals surface area contributed by atoms with Crippen molar-refractivity contribution in [2.45, 2.75) is 25.7 Å². The van der Waals surface area contributed by atoms with Gasteiger partial charge in [-0.3, -0.25) is 4.99 Å². The van der Waals surface area contributed by atoms with Gasteiger partial charge in [0.25, 0.3) is 0 Å². The van der Waals surface area contributed by atoms with E-state index in [9.17, 15) is 4.39 Å². The zero-order valence-electron chi connectivity index (χ0n) is 13.0. The van der Waals surface area contributed by atoms with E-state index in [0.29, 0.717) is 0 Å². The van der Waals surface area contributed by atoms with Crippen molar-refractivity contribution in [2.24, 2.45) is 4.99 Å². The van der Waals surface area contributed by atoms with Crippen molar-refractivity contribution < 1.29 is 9.13 Å². The highest BCUT2D eigenvalue weighted by molar-refractivity contribution is 5.79. The van der Waals surface area contributed by atoms with Crippen molar-refractivity contribution in [3.63, 3.8) is 0 Å². The number of ether oxygens (including phenoxy) is 1. The molecule has 0 bridgehead atoms. The number of unbranched alkanes of at least 4 members (excludes halogenated alkanes) is 2. The van der Waals surface area contributed by atoms with Gasteiger partial charge in [0.1, 0.15) is 5.82 Å². The SMILES string of the molecule is CN=C(NCCCCCOC)NCCc1ccc(F)cc1. The Bertz CT molecular complexity index is 406. The lowest BCUT2D eigenvalue weighted by Crippen LogP contribution is -2.38. The first-order valence-electron chi connectivity index (χ1n) is 7.44. The van der Waals surface area contributed by atoms with Crippen LogP contribution >= 0.6 is 0 Å². The summed E-state index contributed by atoms with van der Waals surface area (Å²) in [5, 5.41) is 6.53. The molecular weight excluding hydrogens is 269 g/mol. The second-order valence-electron chi connectivity index (χ2n) is 4.86. The van der Waals surface area contributed by atoms with Crippen LogP contribution in [0.25, 0.3) is 0 Å². The van der Waals surface area contributed by atoms with Crippen LogP contribution in [0.1, 0.15) is 24.8 Å². The van der Waals surface area contributed by atoms with E-state index in [2.05, 4.69) is 15.6 Å². The number of nitrogens with zero attached hydrogens (tertiary/aromatic N) is 1. The number of nitrogens with one attached hydrogen (secondary N) is 2. The molecule has 0 heterocycles. The van der Waals surface area contributed by atoms with Crippen LogP contribution in [-0.4, -0.2) is 39.8 Å². The molecule has 0 saturated heterocycles. The van der Waals surface area contributed by atoms with Gasteiger partial charge in [-0.15, -0.1) is 0 Å². The fourth-order valence-electron chi connectivity index (χ4n) is 1.95. The Labute approximate surface area is 126 Å². The molecule has 0 fully saturated rings. The van der Waals surface area contributed by atoms with Gasteiger partial charge in [-0.1, -0.05) is 12.1 Å². The minimum atomic E-state index is -0.197. The van der Waals surface area contributed by atoms with Gasteiger partial charge in [-0.05, 0) is 43.4 Å². The van der Waals surface area contributed by atoms with E-state index in [1.54, 1.807) is 14.2 Å². The summed E-state index contributed by atoms with van der Waals surface area (Å²) < 4.78 is 17.8. The molecule has 0 aliphatic carbocycles. The Balaban J connectivity index is 2.12. The maximum atomic E-state index is 12.8. The summed E-state index contributed by atoms with van der Waals surface area (Å²) in [6, 6.07) is 6.59. The van der Waals surface area contributed by atoms with Crippen molar-refractivity contribution in [3.8, 4) is 0 Å². The summed E-state index contributed by atoms with van der Waals surface area (Å²) in [5.74, 6) is 0.613. The Hall–Kier alpha value is -1.62. The molecule has 21 heavy (non-hydrogen) atoms. The van der Waals surface area contributed by atoms with Gasteiger partial charge < -0.3 is 15.4 Å². The first kappa shape index (κ1) is 17.4. The molecule has 0 amide bonds. The third kappa shape index (κ3) is 8.30. The summed E-state index contributed by atoms with van der Waals surface area (Å²) in [6.07, 6.45) is 4.18. The van der Waals surface area contributed by atoms with Crippen molar-refractivity contribution >= 4 is 5.96 Å². The van der Waals surface area contributed by atoms with Crippen LogP contribution in [0.2, 0.25) is 0 Å². The highest BCUT2D eigenvalue weighted by atomic mass is 19.1. The number of methoxy groups -OCH3 is 1. The summed E-state index contributed by atoms with van der Waals surface area (Å²) in [5.41, 5.74) is 1.11. The molecule has 1 aromatic carbocycles. The monoisotopic (exact) mass is 295 g/mol. The number of halogens is 1. The van der Waals surface area contributed by atoms with E-state index in [1.807, 2.05) is 12.1 Å². The predicted molar refractivity (Wildman–Crippen MR) is 85.2 cm³/mol. The smallest absolute Gasteiger partial charge is 0.190 e. The van der Waals surface area contributed by atoms with Crippen molar-refractivity contribution in [3.05, 3.63) is 35.6 Å². The van der Waals surface area contributed by atoms with Crippen LogP contribution in [0.3, 0.4) is 0 Å². The lowest BCUT2D eigenvalue weighted by molar-refractivity contribution is 0.192. The number of benzene rings is 1. The zero-order chi connectivity index (χ0) is 15.3. The number of hydrogen-bond acceptors (Lipinski definition) is 2. The lowest BCUT2D eigenvalue weighted by Gasteiger charge is -2.11. The third-order valence-electron chi connectivity index (χ3n) is 3.16. The van der Waals surface area contributed by atoms with E-state index in [4.69, 9.17) is 4.74 Å². The molecule has 0 spiro atoms. The Kier molecular flexibility index (Phi) is 9.20.